The zero-order valence-corrected chi connectivity index (χ0v) is 13.6. The summed E-state index contributed by atoms with van der Waals surface area (Å²) in [5.74, 6) is 1.92. The van der Waals surface area contributed by atoms with Crippen LogP contribution >= 0.6 is 11.6 Å². The van der Waals surface area contributed by atoms with Crippen molar-refractivity contribution in [1.82, 2.24) is 15.0 Å². The number of halogens is 1. The number of carbonyl (C=O) groups is 1. The summed E-state index contributed by atoms with van der Waals surface area (Å²) >= 11 is 5.82. The van der Waals surface area contributed by atoms with Crippen molar-refractivity contribution in [2.75, 3.05) is 19.7 Å². The van der Waals surface area contributed by atoms with Crippen molar-refractivity contribution in [2.24, 2.45) is 0 Å². The molecule has 1 fully saturated rings. The summed E-state index contributed by atoms with van der Waals surface area (Å²) in [5, 5.41) is 4.46. The maximum Gasteiger partial charge on any atom is 0.260 e. The molecule has 1 atom stereocenters. The van der Waals surface area contributed by atoms with Gasteiger partial charge in [-0.15, -0.1) is 0 Å². The van der Waals surface area contributed by atoms with Crippen molar-refractivity contribution in [3.63, 3.8) is 0 Å². The van der Waals surface area contributed by atoms with Crippen molar-refractivity contribution < 1.29 is 14.1 Å². The van der Waals surface area contributed by atoms with Crippen molar-refractivity contribution in [3.8, 4) is 5.75 Å². The number of nitrogens with zero attached hydrogens (tertiary/aromatic N) is 3. The molecule has 1 aromatic carbocycles. The SMILES string of the molecule is Cc1noc([C@H]2CCCN(C(=O)COc3ccc(Cl)cc3)C2)n1. The second kappa shape index (κ2) is 7.00. The van der Waals surface area contributed by atoms with Crippen LogP contribution in [0.15, 0.2) is 28.8 Å². The van der Waals surface area contributed by atoms with Gasteiger partial charge in [0.1, 0.15) is 5.75 Å². The first-order chi connectivity index (χ1) is 11.1. The number of piperidine rings is 1. The third-order valence-electron chi connectivity index (χ3n) is 3.84. The third-order valence-corrected chi connectivity index (χ3v) is 4.09. The second-order valence-electron chi connectivity index (χ2n) is 5.60. The Morgan fingerprint density at radius 2 is 2.22 bits per heavy atom. The smallest absolute Gasteiger partial charge is 0.260 e. The van der Waals surface area contributed by atoms with Crippen LogP contribution in [0.25, 0.3) is 0 Å². The number of ether oxygens (including phenoxy) is 1. The molecule has 0 unspecified atom stereocenters. The van der Waals surface area contributed by atoms with E-state index in [1.54, 1.807) is 36.1 Å². The Labute approximate surface area is 139 Å². The Bertz CT molecular complexity index is 671. The normalized spacial score (nSPS) is 18.0. The molecule has 0 bridgehead atoms. The molecule has 0 aliphatic carbocycles. The molecular weight excluding hydrogens is 318 g/mol. The standard InChI is InChI=1S/C16H18ClN3O3/c1-11-18-16(23-19-11)12-3-2-8-20(9-12)15(21)10-22-14-6-4-13(17)5-7-14/h4-7,12H,2-3,8-10H2,1H3/t12-/m0/s1. The van der Waals surface area contributed by atoms with E-state index in [9.17, 15) is 4.79 Å². The predicted molar refractivity (Wildman–Crippen MR) is 84.5 cm³/mol. The van der Waals surface area contributed by atoms with Gasteiger partial charge in [-0.2, -0.15) is 4.98 Å². The molecule has 6 nitrogen and oxygen atoms in total. The lowest BCUT2D eigenvalue weighted by atomic mass is 9.98. The molecule has 23 heavy (non-hydrogen) atoms. The monoisotopic (exact) mass is 335 g/mol. The molecular formula is C16H18ClN3O3. The molecule has 1 aromatic heterocycles. The van der Waals surface area contributed by atoms with Crippen LogP contribution in [0.3, 0.4) is 0 Å². The lowest BCUT2D eigenvalue weighted by molar-refractivity contribution is -0.134. The van der Waals surface area contributed by atoms with Crippen molar-refractivity contribution in [3.05, 3.63) is 41.0 Å². The summed E-state index contributed by atoms with van der Waals surface area (Å²) in [5.41, 5.74) is 0. The van der Waals surface area contributed by atoms with Crippen LogP contribution in [0.1, 0.15) is 30.5 Å². The molecule has 1 aliphatic heterocycles. The Balaban J connectivity index is 1.55. The zero-order valence-electron chi connectivity index (χ0n) is 12.9. The van der Waals surface area contributed by atoms with Crippen LogP contribution in [-0.2, 0) is 4.79 Å². The van der Waals surface area contributed by atoms with Gasteiger partial charge in [-0.05, 0) is 44.0 Å². The Kier molecular flexibility index (Phi) is 4.81. The van der Waals surface area contributed by atoms with E-state index >= 15 is 0 Å². The van der Waals surface area contributed by atoms with Crippen molar-refractivity contribution >= 4 is 17.5 Å². The summed E-state index contributed by atoms with van der Waals surface area (Å²) in [4.78, 5) is 18.4. The number of hydrogen-bond donors (Lipinski definition) is 0. The molecule has 3 rings (SSSR count). The molecule has 1 amide bonds. The van der Waals surface area contributed by atoms with Gasteiger partial charge in [0.15, 0.2) is 12.4 Å². The quantitative estimate of drug-likeness (QED) is 0.859. The fourth-order valence-electron chi connectivity index (χ4n) is 2.65. The lowest BCUT2D eigenvalue weighted by Gasteiger charge is -2.30. The summed E-state index contributed by atoms with van der Waals surface area (Å²) in [6, 6.07) is 6.96. The first kappa shape index (κ1) is 15.8. The maximum absolute atomic E-state index is 12.3. The minimum atomic E-state index is -0.0408. The molecule has 0 spiro atoms. The van der Waals surface area contributed by atoms with E-state index in [0.29, 0.717) is 29.0 Å². The highest BCUT2D eigenvalue weighted by molar-refractivity contribution is 6.30. The van der Waals surface area contributed by atoms with E-state index < -0.39 is 0 Å². The van der Waals surface area contributed by atoms with Gasteiger partial charge in [0.25, 0.3) is 5.91 Å². The largest absolute Gasteiger partial charge is 0.484 e. The highest BCUT2D eigenvalue weighted by Crippen LogP contribution is 2.25. The molecule has 7 heteroatoms. The third kappa shape index (κ3) is 4.01. The molecule has 2 heterocycles. The summed E-state index contributed by atoms with van der Waals surface area (Å²) in [6.07, 6.45) is 1.86. The van der Waals surface area contributed by atoms with Gasteiger partial charge in [-0.1, -0.05) is 16.8 Å². The van der Waals surface area contributed by atoms with Crippen LogP contribution in [0, 0.1) is 6.92 Å². The predicted octanol–water partition coefficient (Wildman–Crippen LogP) is 2.82. The van der Waals surface area contributed by atoms with Crippen LogP contribution in [0.5, 0.6) is 5.75 Å². The molecule has 1 saturated heterocycles. The molecule has 0 radical (unpaired) electrons. The number of carbonyl (C=O) groups excluding carboxylic acids is 1. The van der Waals surface area contributed by atoms with Gasteiger partial charge in [0.2, 0.25) is 5.89 Å². The topological polar surface area (TPSA) is 68.5 Å². The van der Waals surface area contributed by atoms with Gasteiger partial charge in [-0.25, -0.2) is 0 Å². The summed E-state index contributed by atoms with van der Waals surface area (Å²) < 4.78 is 10.7. The Hall–Kier alpha value is -2.08. The van der Waals surface area contributed by atoms with E-state index in [-0.39, 0.29) is 18.4 Å². The highest BCUT2D eigenvalue weighted by atomic mass is 35.5. The van der Waals surface area contributed by atoms with E-state index in [2.05, 4.69) is 10.1 Å². The molecule has 1 aliphatic rings. The van der Waals surface area contributed by atoms with Crippen molar-refractivity contribution in [2.45, 2.75) is 25.7 Å². The molecule has 122 valence electrons. The highest BCUT2D eigenvalue weighted by Gasteiger charge is 2.28. The number of hydrogen-bond acceptors (Lipinski definition) is 5. The number of likely N-dealkylation sites (tertiary alicyclic amines) is 1. The first-order valence-electron chi connectivity index (χ1n) is 7.58. The van der Waals surface area contributed by atoms with Gasteiger partial charge >= 0.3 is 0 Å². The minimum Gasteiger partial charge on any atom is -0.484 e. The van der Waals surface area contributed by atoms with Crippen LogP contribution in [0.2, 0.25) is 5.02 Å². The van der Waals surface area contributed by atoms with Crippen LogP contribution < -0.4 is 4.74 Å². The molecule has 0 N–H and O–H groups in total. The van der Waals surface area contributed by atoms with Crippen molar-refractivity contribution in [1.29, 1.82) is 0 Å². The van der Waals surface area contributed by atoms with E-state index in [1.165, 1.54) is 0 Å². The summed E-state index contributed by atoms with van der Waals surface area (Å²) in [6.45, 7) is 3.12. The average Bonchev–Trinajstić information content (AvgIpc) is 3.01. The number of rotatable bonds is 4. The Morgan fingerprint density at radius 1 is 1.43 bits per heavy atom. The molecule has 0 saturated carbocycles. The van der Waals surface area contributed by atoms with E-state index in [4.69, 9.17) is 20.9 Å². The van der Waals surface area contributed by atoms with Gasteiger partial charge in [0, 0.05) is 18.1 Å². The number of aromatic nitrogens is 2. The number of amides is 1. The van der Waals surface area contributed by atoms with Crippen LogP contribution in [-0.4, -0.2) is 40.6 Å². The van der Waals surface area contributed by atoms with Crippen LogP contribution in [0.4, 0.5) is 0 Å². The van der Waals surface area contributed by atoms with Gasteiger partial charge < -0.3 is 14.2 Å². The summed E-state index contributed by atoms with van der Waals surface area (Å²) in [7, 11) is 0. The van der Waals surface area contributed by atoms with E-state index in [1.807, 2.05) is 0 Å². The second-order valence-corrected chi connectivity index (χ2v) is 6.04. The van der Waals surface area contributed by atoms with Gasteiger partial charge in [-0.3, -0.25) is 4.79 Å². The first-order valence-corrected chi connectivity index (χ1v) is 7.96. The minimum absolute atomic E-state index is 0.0111. The lowest BCUT2D eigenvalue weighted by Crippen LogP contribution is -2.41. The Morgan fingerprint density at radius 3 is 2.91 bits per heavy atom. The van der Waals surface area contributed by atoms with Gasteiger partial charge in [0.05, 0.1) is 5.92 Å². The average molecular weight is 336 g/mol. The van der Waals surface area contributed by atoms with E-state index in [0.717, 1.165) is 19.4 Å². The molecule has 2 aromatic rings. The number of aryl methyl sites for hydroxylation is 1. The maximum atomic E-state index is 12.3. The number of benzene rings is 1. The fraction of sp³-hybridized carbons (Fsp3) is 0.438. The zero-order chi connectivity index (χ0) is 16.2. The fourth-order valence-corrected chi connectivity index (χ4v) is 2.78.